The number of nitrogens with one attached hydrogen (secondary N) is 2. The molecular formula is C15H17FN4O. The first-order valence-electron chi connectivity index (χ1n) is 6.99. The second-order valence-electron chi connectivity index (χ2n) is 5.27. The molecule has 2 aromatic rings. The van der Waals surface area contributed by atoms with Gasteiger partial charge in [0.2, 0.25) is 5.91 Å². The summed E-state index contributed by atoms with van der Waals surface area (Å²) in [6.45, 7) is 2.74. The quantitative estimate of drug-likeness (QED) is 0.908. The van der Waals surface area contributed by atoms with Crippen molar-refractivity contribution in [1.29, 1.82) is 0 Å². The average molecular weight is 288 g/mol. The van der Waals surface area contributed by atoms with Crippen molar-refractivity contribution in [2.75, 3.05) is 11.9 Å². The minimum atomic E-state index is -0.421. The molecule has 1 saturated heterocycles. The van der Waals surface area contributed by atoms with Gasteiger partial charge in [0.05, 0.1) is 12.2 Å². The fourth-order valence-electron chi connectivity index (χ4n) is 2.45. The zero-order valence-electron chi connectivity index (χ0n) is 11.8. The monoisotopic (exact) mass is 288 g/mol. The summed E-state index contributed by atoms with van der Waals surface area (Å²) in [5.41, 5.74) is 1.78. The van der Waals surface area contributed by atoms with Crippen LogP contribution in [-0.4, -0.2) is 28.3 Å². The summed E-state index contributed by atoms with van der Waals surface area (Å²) in [4.78, 5) is 12.0. The maximum atomic E-state index is 14.1. The van der Waals surface area contributed by atoms with E-state index in [1.807, 2.05) is 6.92 Å². The summed E-state index contributed by atoms with van der Waals surface area (Å²) >= 11 is 0. The Balaban J connectivity index is 1.76. The van der Waals surface area contributed by atoms with Gasteiger partial charge in [0.15, 0.2) is 5.82 Å². The highest BCUT2D eigenvalue weighted by molar-refractivity contribution is 5.95. The van der Waals surface area contributed by atoms with Crippen molar-refractivity contribution < 1.29 is 9.18 Å². The van der Waals surface area contributed by atoms with Crippen LogP contribution in [0.5, 0.6) is 0 Å². The van der Waals surface area contributed by atoms with Crippen molar-refractivity contribution in [3.05, 3.63) is 42.0 Å². The highest BCUT2D eigenvalue weighted by atomic mass is 19.1. The number of aryl methyl sites for hydroxylation is 1. The highest BCUT2D eigenvalue weighted by Gasteiger charge is 2.22. The van der Waals surface area contributed by atoms with Gasteiger partial charge in [-0.05, 0) is 50.1 Å². The van der Waals surface area contributed by atoms with Crippen LogP contribution in [0, 0.1) is 12.7 Å². The van der Waals surface area contributed by atoms with Crippen LogP contribution < -0.4 is 10.6 Å². The second-order valence-corrected chi connectivity index (χ2v) is 5.27. The molecule has 0 bridgehead atoms. The van der Waals surface area contributed by atoms with E-state index in [1.54, 1.807) is 24.5 Å². The van der Waals surface area contributed by atoms with Gasteiger partial charge in [-0.3, -0.25) is 4.79 Å². The van der Waals surface area contributed by atoms with E-state index in [0.717, 1.165) is 24.9 Å². The molecular weight excluding hydrogens is 271 g/mol. The molecule has 1 amide bonds. The van der Waals surface area contributed by atoms with Gasteiger partial charge >= 0.3 is 0 Å². The number of anilines is 1. The smallest absolute Gasteiger partial charge is 0.241 e. The molecule has 3 rings (SSSR count). The average Bonchev–Trinajstić information content (AvgIpc) is 3.10. The molecule has 0 radical (unpaired) electrons. The third-order valence-corrected chi connectivity index (χ3v) is 3.55. The van der Waals surface area contributed by atoms with Crippen LogP contribution in [0.3, 0.4) is 0 Å². The summed E-state index contributed by atoms with van der Waals surface area (Å²) < 4.78 is 15.6. The van der Waals surface area contributed by atoms with Crippen molar-refractivity contribution in [3.8, 4) is 5.69 Å². The van der Waals surface area contributed by atoms with Crippen LogP contribution in [0.25, 0.3) is 5.69 Å². The molecule has 1 unspecified atom stereocenters. The predicted molar refractivity (Wildman–Crippen MR) is 77.9 cm³/mol. The van der Waals surface area contributed by atoms with E-state index in [4.69, 9.17) is 0 Å². The van der Waals surface area contributed by atoms with Gasteiger partial charge < -0.3 is 10.6 Å². The fourth-order valence-corrected chi connectivity index (χ4v) is 2.45. The van der Waals surface area contributed by atoms with Gasteiger partial charge in [0.1, 0.15) is 5.69 Å². The van der Waals surface area contributed by atoms with E-state index < -0.39 is 5.82 Å². The van der Waals surface area contributed by atoms with Crippen molar-refractivity contribution in [2.45, 2.75) is 25.8 Å². The Morgan fingerprint density at radius 2 is 2.38 bits per heavy atom. The minimum Gasteiger partial charge on any atom is -0.325 e. The Bertz CT molecular complexity index is 661. The lowest BCUT2D eigenvalue weighted by molar-refractivity contribution is -0.117. The molecule has 0 saturated carbocycles. The molecule has 1 aromatic heterocycles. The summed E-state index contributed by atoms with van der Waals surface area (Å²) in [7, 11) is 0. The number of nitrogens with zero attached hydrogens (tertiary/aromatic N) is 2. The molecule has 2 heterocycles. The SMILES string of the molecule is Cc1cnn(-c2ccc(NC(=O)C3CCCN3)cc2F)c1. The number of rotatable bonds is 3. The van der Waals surface area contributed by atoms with Crippen LogP contribution in [0.15, 0.2) is 30.6 Å². The van der Waals surface area contributed by atoms with Gasteiger partial charge in [-0.15, -0.1) is 0 Å². The zero-order chi connectivity index (χ0) is 14.8. The Hall–Kier alpha value is -2.21. The van der Waals surface area contributed by atoms with E-state index in [9.17, 15) is 9.18 Å². The molecule has 6 heteroatoms. The van der Waals surface area contributed by atoms with E-state index in [-0.39, 0.29) is 11.9 Å². The number of carbonyl (C=O) groups is 1. The molecule has 1 aromatic carbocycles. The van der Waals surface area contributed by atoms with Crippen molar-refractivity contribution >= 4 is 11.6 Å². The lowest BCUT2D eigenvalue weighted by Crippen LogP contribution is -2.35. The van der Waals surface area contributed by atoms with E-state index >= 15 is 0 Å². The Kier molecular flexibility index (Phi) is 3.70. The fraction of sp³-hybridized carbons (Fsp3) is 0.333. The van der Waals surface area contributed by atoms with Crippen molar-refractivity contribution in [1.82, 2.24) is 15.1 Å². The van der Waals surface area contributed by atoms with E-state index in [2.05, 4.69) is 15.7 Å². The van der Waals surface area contributed by atoms with Crippen molar-refractivity contribution in [3.63, 3.8) is 0 Å². The number of amides is 1. The van der Waals surface area contributed by atoms with Crippen LogP contribution in [0.1, 0.15) is 18.4 Å². The highest BCUT2D eigenvalue weighted by Crippen LogP contribution is 2.19. The third kappa shape index (κ3) is 2.95. The topological polar surface area (TPSA) is 59.0 Å². The van der Waals surface area contributed by atoms with Crippen LogP contribution in [0.4, 0.5) is 10.1 Å². The number of benzene rings is 1. The third-order valence-electron chi connectivity index (χ3n) is 3.55. The number of hydrogen-bond donors (Lipinski definition) is 2. The number of aromatic nitrogens is 2. The number of halogens is 1. The molecule has 21 heavy (non-hydrogen) atoms. The first-order valence-corrected chi connectivity index (χ1v) is 6.99. The van der Waals surface area contributed by atoms with Gasteiger partial charge in [-0.25, -0.2) is 9.07 Å². The molecule has 0 aliphatic carbocycles. The van der Waals surface area contributed by atoms with Crippen molar-refractivity contribution in [2.24, 2.45) is 0 Å². The maximum Gasteiger partial charge on any atom is 0.241 e. The Morgan fingerprint density at radius 1 is 1.52 bits per heavy atom. The lowest BCUT2D eigenvalue weighted by atomic mass is 10.2. The summed E-state index contributed by atoms with van der Waals surface area (Å²) in [6.07, 6.45) is 5.23. The van der Waals surface area contributed by atoms with E-state index in [1.165, 1.54) is 10.7 Å². The van der Waals surface area contributed by atoms with Gasteiger partial charge in [0, 0.05) is 11.9 Å². The van der Waals surface area contributed by atoms with Gasteiger partial charge in [0.25, 0.3) is 0 Å². The van der Waals surface area contributed by atoms with Crippen LogP contribution in [-0.2, 0) is 4.79 Å². The molecule has 1 aliphatic heterocycles. The molecule has 1 fully saturated rings. The molecule has 5 nitrogen and oxygen atoms in total. The molecule has 2 N–H and O–H groups in total. The van der Waals surface area contributed by atoms with Crippen LogP contribution in [0.2, 0.25) is 0 Å². The first kappa shape index (κ1) is 13.8. The molecule has 1 atom stereocenters. The summed E-state index contributed by atoms with van der Waals surface area (Å²) in [5.74, 6) is -0.537. The molecule has 1 aliphatic rings. The lowest BCUT2D eigenvalue weighted by Gasteiger charge is -2.12. The molecule has 0 spiro atoms. The number of hydrogen-bond acceptors (Lipinski definition) is 3. The second kappa shape index (κ2) is 5.65. The Labute approximate surface area is 122 Å². The summed E-state index contributed by atoms with van der Waals surface area (Å²) in [6, 6.07) is 4.43. The number of carbonyl (C=O) groups excluding carboxylic acids is 1. The normalized spacial score (nSPS) is 17.9. The first-order chi connectivity index (χ1) is 10.1. The molecule has 110 valence electrons. The summed E-state index contributed by atoms with van der Waals surface area (Å²) in [5, 5.41) is 9.93. The standard InChI is InChI=1S/C15H17FN4O/c1-10-8-18-20(9-10)14-5-4-11(7-12(14)16)19-15(21)13-3-2-6-17-13/h4-5,7-9,13,17H,2-3,6H2,1H3,(H,19,21). The van der Waals surface area contributed by atoms with E-state index in [0.29, 0.717) is 11.4 Å². The van der Waals surface area contributed by atoms with Gasteiger partial charge in [-0.2, -0.15) is 5.10 Å². The maximum absolute atomic E-state index is 14.1. The minimum absolute atomic E-state index is 0.116. The van der Waals surface area contributed by atoms with Gasteiger partial charge in [-0.1, -0.05) is 0 Å². The Morgan fingerprint density at radius 3 is 3.00 bits per heavy atom. The predicted octanol–water partition coefficient (Wildman–Crippen LogP) is 2.01. The largest absolute Gasteiger partial charge is 0.325 e. The van der Waals surface area contributed by atoms with Crippen LogP contribution >= 0.6 is 0 Å². The zero-order valence-corrected chi connectivity index (χ0v) is 11.8.